The van der Waals surface area contributed by atoms with Crippen molar-refractivity contribution in [1.29, 1.82) is 0 Å². The Morgan fingerprint density at radius 1 is 1.07 bits per heavy atom. The van der Waals surface area contributed by atoms with Crippen molar-refractivity contribution in [2.45, 2.75) is 39.0 Å². The van der Waals surface area contributed by atoms with Gasteiger partial charge in [-0.1, -0.05) is 61.9 Å². The standard InChI is InChI=1S/C23H26N2O3S2/c1-5-16-9-7-8-15(4)19(16)25-23-22(30(27,28)6-2)18(24)21(29-23)20(26)17-12-10-14(3)11-13-17/h7-13,25H,5-6,24H2,1-4H3. The highest BCUT2D eigenvalue weighted by Crippen LogP contribution is 2.43. The van der Waals surface area contributed by atoms with Gasteiger partial charge in [0.15, 0.2) is 9.84 Å². The fourth-order valence-corrected chi connectivity index (χ4v) is 5.90. The van der Waals surface area contributed by atoms with Crippen LogP contribution < -0.4 is 11.1 Å². The molecule has 158 valence electrons. The average Bonchev–Trinajstić information content (AvgIpc) is 3.06. The maximum absolute atomic E-state index is 13.1. The highest BCUT2D eigenvalue weighted by atomic mass is 32.2. The summed E-state index contributed by atoms with van der Waals surface area (Å²) in [4.78, 5) is 13.4. The van der Waals surface area contributed by atoms with Crippen molar-refractivity contribution in [3.05, 3.63) is 69.6 Å². The van der Waals surface area contributed by atoms with Gasteiger partial charge < -0.3 is 11.1 Å². The van der Waals surface area contributed by atoms with E-state index in [2.05, 4.69) is 5.32 Å². The number of carbonyl (C=O) groups excluding carboxylic acids is 1. The fourth-order valence-electron chi connectivity index (χ4n) is 3.28. The Labute approximate surface area is 181 Å². The first-order valence-corrected chi connectivity index (χ1v) is 12.3. The van der Waals surface area contributed by atoms with Crippen molar-refractivity contribution < 1.29 is 13.2 Å². The molecule has 0 saturated carbocycles. The van der Waals surface area contributed by atoms with Gasteiger partial charge in [0.2, 0.25) is 5.78 Å². The summed E-state index contributed by atoms with van der Waals surface area (Å²) in [6.45, 7) is 7.52. The average molecular weight is 443 g/mol. The van der Waals surface area contributed by atoms with Crippen LogP contribution in [-0.4, -0.2) is 20.0 Å². The third-order valence-corrected chi connectivity index (χ3v) is 8.14. The van der Waals surface area contributed by atoms with E-state index in [0.717, 1.165) is 40.1 Å². The first kappa shape index (κ1) is 22.1. The number of nitrogens with two attached hydrogens (primary N) is 1. The minimum absolute atomic E-state index is 0.00997. The van der Waals surface area contributed by atoms with Crippen LogP contribution in [0.25, 0.3) is 0 Å². The van der Waals surface area contributed by atoms with Crippen LogP contribution in [-0.2, 0) is 16.3 Å². The Morgan fingerprint density at radius 2 is 1.73 bits per heavy atom. The quantitative estimate of drug-likeness (QED) is 0.486. The van der Waals surface area contributed by atoms with Crippen LogP contribution in [0, 0.1) is 13.8 Å². The van der Waals surface area contributed by atoms with Gasteiger partial charge in [-0.3, -0.25) is 4.79 Å². The molecule has 0 saturated heterocycles. The number of carbonyl (C=O) groups is 1. The number of aryl methyl sites for hydroxylation is 3. The van der Waals surface area contributed by atoms with Crippen LogP contribution >= 0.6 is 11.3 Å². The van der Waals surface area contributed by atoms with Crippen LogP contribution in [0.1, 0.15) is 45.8 Å². The lowest BCUT2D eigenvalue weighted by Crippen LogP contribution is -2.10. The van der Waals surface area contributed by atoms with E-state index in [1.165, 1.54) is 0 Å². The maximum Gasteiger partial charge on any atom is 0.205 e. The van der Waals surface area contributed by atoms with Crippen molar-refractivity contribution in [3.8, 4) is 0 Å². The van der Waals surface area contributed by atoms with E-state index in [9.17, 15) is 13.2 Å². The second kappa shape index (κ2) is 8.62. The van der Waals surface area contributed by atoms with Crippen LogP contribution in [0.3, 0.4) is 0 Å². The summed E-state index contributed by atoms with van der Waals surface area (Å²) in [5.74, 6) is -0.381. The molecule has 0 amide bonds. The van der Waals surface area contributed by atoms with Gasteiger partial charge in [0, 0.05) is 11.3 Å². The summed E-state index contributed by atoms with van der Waals surface area (Å²) in [6, 6.07) is 13.1. The third kappa shape index (κ3) is 4.13. The Bertz CT molecular complexity index is 1190. The van der Waals surface area contributed by atoms with Crippen LogP contribution in [0.4, 0.5) is 16.4 Å². The predicted octanol–water partition coefficient (Wildman–Crippen LogP) is 5.28. The number of nitrogen functional groups attached to an aromatic ring is 1. The minimum Gasteiger partial charge on any atom is -0.396 e. The van der Waals surface area contributed by atoms with E-state index in [1.807, 2.05) is 51.1 Å². The summed E-state index contributed by atoms with van der Waals surface area (Å²) < 4.78 is 25.7. The van der Waals surface area contributed by atoms with Crippen molar-refractivity contribution >= 4 is 43.3 Å². The number of anilines is 3. The van der Waals surface area contributed by atoms with Crippen molar-refractivity contribution in [2.75, 3.05) is 16.8 Å². The molecule has 0 spiro atoms. The zero-order valence-corrected chi connectivity index (χ0v) is 19.2. The third-order valence-electron chi connectivity index (χ3n) is 5.09. The molecule has 1 aromatic heterocycles. The van der Waals surface area contributed by atoms with Gasteiger partial charge in [-0.15, -0.1) is 11.3 Å². The Morgan fingerprint density at radius 3 is 2.33 bits per heavy atom. The maximum atomic E-state index is 13.1. The van der Waals surface area contributed by atoms with Crippen LogP contribution in [0.15, 0.2) is 47.4 Å². The van der Waals surface area contributed by atoms with Gasteiger partial charge in [0.25, 0.3) is 0 Å². The van der Waals surface area contributed by atoms with E-state index >= 15 is 0 Å². The first-order chi connectivity index (χ1) is 14.2. The number of rotatable bonds is 7. The zero-order chi connectivity index (χ0) is 22.1. The summed E-state index contributed by atoms with van der Waals surface area (Å²) >= 11 is 1.09. The predicted molar refractivity (Wildman–Crippen MR) is 125 cm³/mol. The molecule has 0 atom stereocenters. The number of para-hydroxylation sites is 1. The molecule has 30 heavy (non-hydrogen) atoms. The Kier molecular flexibility index (Phi) is 6.33. The van der Waals surface area contributed by atoms with Gasteiger partial charge in [-0.05, 0) is 31.4 Å². The number of hydrogen-bond donors (Lipinski definition) is 2. The van der Waals surface area contributed by atoms with E-state index in [1.54, 1.807) is 19.1 Å². The molecule has 0 unspecified atom stereocenters. The molecule has 0 aliphatic carbocycles. The molecule has 3 aromatic rings. The lowest BCUT2D eigenvalue weighted by atomic mass is 10.1. The van der Waals surface area contributed by atoms with Crippen molar-refractivity contribution in [3.63, 3.8) is 0 Å². The molecule has 0 radical (unpaired) electrons. The second-order valence-electron chi connectivity index (χ2n) is 7.19. The lowest BCUT2D eigenvalue weighted by Gasteiger charge is -2.14. The normalized spacial score (nSPS) is 11.5. The molecule has 1 heterocycles. The first-order valence-electron chi connectivity index (χ1n) is 9.81. The number of thiophene rings is 1. The number of benzene rings is 2. The van der Waals surface area contributed by atoms with Gasteiger partial charge in [-0.25, -0.2) is 8.42 Å². The van der Waals surface area contributed by atoms with Crippen LogP contribution in [0.5, 0.6) is 0 Å². The summed E-state index contributed by atoms with van der Waals surface area (Å²) in [5, 5.41) is 3.67. The molecule has 2 aromatic carbocycles. The molecule has 3 rings (SSSR count). The Balaban J connectivity index is 2.17. The largest absolute Gasteiger partial charge is 0.396 e. The van der Waals surface area contributed by atoms with Gasteiger partial charge in [0.1, 0.15) is 14.8 Å². The summed E-state index contributed by atoms with van der Waals surface area (Å²) in [5.41, 5.74) is 10.7. The smallest absolute Gasteiger partial charge is 0.205 e. The molecule has 3 N–H and O–H groups in total. The highest BCUT2D eigenvalue weighted by Gasteiger charge is 2.29. The molecule has 0 bridgehead atoms. The molecule has 7 heteroatoms. The number of sulfone groups is 1. The number of ketones is 1. The zero-order valence-electron chi connectivity index (χ0n) is 17.6. The van der Waals surface area contributed by atoms with E-state index in [0.29, 0.717) is 10.6 Å². The summed E-state index contributed by atoms with van der Waals surface area (Å²) in [7, 11) is -3.64. The minimum atomic E-state index is -3.64. The molecular formula is C23H26N2O3S2. The molecule has 0 aliphatic heterocycles. The van der Waals surface area contributed by atoms with Crippen molar-refractivity contribution in [1.82, 2.24) is 0 Å². The fraction of sp³-hybridized carbons (Fsp3) is 0.261. The lowest BCUT2D eigenvalue weighted by molar-refractivity contribution is 0.104. The number of nitrogens with one attached hydrogen (secondary N) is 1. The van der Waals surface area contributed by atoms with Gasteiger partial charge in [0.05, 0.1) is 11.4 Å². The van der Waals surface area contributed by atoms with Gasteiger partial charge >= 0.3 is 0 Å². The molecule has 0 fully saturated rings. The second-order valence-corrected chi connectivity index (χ2v) is 10.4. The molecule has 5 nitrogen and oxygen atoms in total. The van der Waals surface area contributed by atoms with Gasteiger partial charge in [-0.2, -0.15) is 0 Å². The van der Waals surface area contributed by atoms with E-state index < -0.39 is 9.84 Å². The van der Waals surface area contributed by atoms with Crippen molar-refractivity contribution in [2.24, 2.45) is 0 Å². The van der Waals surface area contributed by atoms with E-state index in [4.69, 9.17) is 5.73 Å². The molecular weight excluding hydrogens is 416 g/mol. The highest BCUT2D eigenvalue weighted by molar-refractivity contribution is 7.92. The van der Waals surface area contributed by atoms with E-state index in [-0.39, 0.29) is 27.0 Å². The van der Waals surface area contributed by atoms with Crippen LogP contribution in [0.2, 0.25) is 0 Å². The number of hydrogen-bond acceptors (Lipinski definition) is 6. The summed E-state index contributed by atoms with van der Waals surface area (Å²) in [6.07, 6.45) is 0.788. The monoisotopic (exact) mass is 442 g/mol. The Hall–Kier alpha value is -2.64. The topological polar surface area (TPSA) is 89.3 Å². The molecule has 0 aliphatic rings. The SMILES string of the molecule is CCc1cccc(C)c1Nc1sc(C(=O)c2ccc(C)cc2)c(N)c1S(=O)(=O)CC.